The number of phenols is 1. The van der Waals surface area contributed by atoms with E-state index in [0.29, 0.717) is 0 Å². The molecule has 0 spiro atoms. The topological polar surface area (TPSA) is 97.7 Å². The molecule has 0 radical (unpaired) electrons. The molecule has 1 atom stereocenters. The Morgan fingerprint density at radius 1 is 1.09 bits per heavy atom. The lowest BCUT2D eigenvalue weighted by Gasteiger charge is -2.20. The van der Waals surface area contributed by atoms with Gasteiger partial charge in [-0.1, -0.05) is 24.3 Å². The van der Waals surface area contributed by atoms with Crippen LogP contribution in [-0.4, -0.2) is 34.3 Å². The van der Waals surface area contributed by atoms with Gasteiger partial charge in [0.2, 0.25) is 0 Å². The minimum atomic E-state index is -2.05. The number of carbonyl (C=O) groups excluding carboxylic acids is 3. The van der Waals surface area contributed by atoms with Gasteiger partial charge in [-0.25, -0.2) is 4.21 Å². The van der Waals surface area contributed by atoms with Gasteiger partial charge in [0.05, 0.1) is 23.1 Å². The fourth-order valence-electron chi connectivity index (χ4n) is 2.57. The summed E-state index contributed by atoms with van der Waals surface area (Å²) in [5.41, 5.74) is -0.343. The third-order valence-corrected chi connectivity index (χ3v) is 4.64. The number of hydrogen-bond donors (Lipinski definition) is 1. The van der Waals surface area contributed by atoms with Crippen LogP contribution in [0.15, 0.2) is 35.2 Å². The predicted molar refractivity (Wildman–Crippen MR) is 80.2 cm³/mol. The van der Waals surface area contributed by atoms with Gasteiger partial charge in [0.25, 0.3) is 0 Å². The van der Waals surface area contributed by atoms with Crippen molar-refractivity contribution in [2.75, 3.05) is 7.11 Å². The summed E-state index contributed by atoms with van der Waals surface area (Å²) >= 11 is -2.05. The number of phenolic OH excluding ortho intramolecular Hbond substituents is 1. The van der Waals surface area contributed by atoms with E-state index in [-0.39, 0.29) is 39.0 Å². The van der Waals surface area contributed by atoms with Crippen molar-refractivity contribution in [2.24, 2.45) is 0 Å². The number of hydrogen-bond acceptors (Lipinski definition) is 6. The van der Waals surface area contributed by atoms with Crippen molar-refractivity contribution in [1.82, 2.24) is 0 Å². The molecule has 1 aliphatic rings. The maximum absolute atomic E-state index is 12.6. The number of aldehydes is 1. The molecule has 2 aromatic rings. The van der Waals surface area contributed by atoms with Crippen molar-refractivity contribution in [3.8, 4) is 5.75 Å². The van der Waals surface area contributed by atoms with Crippen LogP contribution in [-0.2, 0) is 15.3 Å². The predicted octanol–water partition coefficient (Wildman–Crippen LogP) is 1.65. The summed E-state index contributed by atoms with van der Waals surface area (Å²) in [4.78, 5) is 36.2. The highest BCUT2D eigenvalue weighted by atomic mass is 32.2. The summed E-state index contributed by atoms with van der Waals surface area (Å²) < 4.78 is 16.5. The zero-order valence-electron chi connectivity index (χ0n) is 11.9. The van der Waals surface area contributed by atoms with E-state index in [2.05, 4.69) is 4.18 Å². The molecule has 1 N–H and O–H groups in total. The third-order valence-electron chi connectivity index (χ3n) is 3.64. The highest BCUT2D eigenvalue weighted by Gasteiger charge is 2.34. The molecule has 0 aliphatic heterocycles. The highest BCUT2D eigenvalue weighted by Crippen LogP contribution is 2.37. The van der Waals surface area contributed by atoms with E-state index < -0.39 is 28.4 Å². The summed E-state index contributed by atoms with van der Waals surface area (Å²) in [5, 5.41) is 10.3. The molecule has 1 unspecified atom stereocenters. The number of fused-ring (bicyclic) bond motifs is 2. The standard InChI is InChI=1S/C16H10O6S/c1-22-23(21)12-6-10-13(16(20)11(12)7-17)15(19)9-5-3-2-4-8(9)14(10)18/h2-7,20H,1H3. The summed E-state index contributed by atoms with van der Waals surface area (Å²) in [6.45, 7) is 0. The molecule has 0 saturated heterocycles. The summed E-state index contributed by atoms with van der Waals surface area (Å²) in [7, 11) is 1.16. The first-order valence-electron chi connectivity index (χ1n) is 6.51. The van der Waals surface area contributed by atoms with Gasteiger partial charge >= 0.3 is 0 Å². The van der Waals surface area contributed by atoms with Gasteiger partial charge < -0.3 is 5.11 Å². The second-order valence-corrected chi connectivity index (χ2v) is 6.03. The largest absolute Gasteiger partial charge is 0.506 e. The van der Waals surface area contributed by atoms with Crippen molar-refractivity contribution in [3.63, 3.8) is 0 Å². The lowest BCUT2D eigenvalue weighted by atomic mass is 9.83. The molecule has 3 rings (SSSR count). The molecule has 116 valence electrons. The Kier molecular flexibility index (Phi) is 3.67. The van der Waals surface area contributed by atoms with Crippen LogP contribution in [0.1, 0.15) is 42.2 Å². The number of benzene rings is 2. The summed E-state index contributed by atoms with van der Waals surface area (Å²) in [6, 6.07) is 7.34. The van der Waals surface area contributed by atoms with Gasteiger partial charge in [-0.15, -0.1) is 0 Å². The Morgan fingerprint density at radius 3 is 2.26 bits per heavy atom. The SMILES string of the molecule is COS(=O)c1cc2c(c(O)c1C=O)C(=O)c1ccccc1C2=O. The Labute approximate surface area is 133 Å². The molecule has 6 nitrogen and oxygen atoms in total. The van der Waals surface area contributed by atoms with Gasteiger partial charge in [0.1, 0.15) is 5.75 Å². The van der Waals surface area contributed by atoms with Crippen LogP contribution in [0.2, 0.25) is 0 Å². The molecule has 0 aromatic heterocycles. The fraction of sp³-hybridized carbons (Fsp3) is 0.0625. The number of ketones is 2. The summed E-state index contributed by atoms with van der Waals surface area (Å²) in [5.74, 6) is -1.71. The van der Waals surface area contributed by atoms with Crippen molar-refractivity contribution in [2.45, 2.75) is 4.90 Å². The third kappa shape index (κ3) is 2.13. The van der Waals surface area contributed by atoms with E-state index in [4.69, 9.17) is 0 Å². The zero-order chi connectivity index (χ0) is 16.7. The first-order chi connectivity index (χ1) is 11.0. The fourth-order valence-corrected chi connectivity index (χ4v) is 3.29. The van der Waals surface area contributed by atoms with Crippen LogP contribution in [0.25, 0.3) is 0 Å². The second kappa shape index (κ2) is 5.53. The van der Waals surface area contributed by atoms with E-state index >= 15 is 0 Å². The van der Waals surface area contributed by atoms with Crippen LogP contribution in [0, 0.1) is 0 Å². The van der Waals surface area contributed by atoms with Crippen molar-refractivity contribution < 1.29 is 27.9 Å². The minimum Gasteiger partial charge on any atom is -0.506 e. The molecular weight excluding hydrogens is 320 g/mol. The molecule has 0 fully saturated rings. The van der Waals surface area contributed by atoms with Gasteiger partial charge in [-0.2, -0.15) is 0 Å². The van der Waals surface area contributed by atoms with Crippen molar-refractivity contribution in [1.29, 1.82) is 0 Å². The molecular formula is C16H10O6S. The average molecular weight is 330 g/mol. The van der Waals surface area contributed by atoms with Gasteiger partial charge in [-0.05, 0) is 6.07 Å². The first kappa shape index (κ1) is 15.3. The molecule has 0 amide bonds. The quantitative estimate of drug-likeness (QED) is 0.733. The van der Waals surface area contributed by atoms with Gasteiger partial charge in [0, 0.05) is 16.7 Å². The van der Waals surface area contributed by atoms with Crippen molar-refractivity contribution in [3.05, 3.63) is 58.1 Å². The van der Waals surface area contributed by atoms with Crippen LogP contribution in [0.5, 0.6) is 5.75 Å². The van der Waals surface area contributed by atoms with Crippen LogP contribution in [0.4, 0.5) is 0 Å². The molecule has 0 bridgehead atoms. The van der Waals surface area contributed by atoms with E-state index in [9.17, 15) is 23.7 Å². The number of rotatable bonds is 3. The molecule has 23 heavy (non-hydrogen) atoms. The van der Waals surface area contributed by atoms with E-state index in [1.165, 1.54) is 12.1 Å². The normalized spacial score (nSPS) is 14.1. The first-order valence-corrected chi connectivity index (χ1v) is 7.58. The lowest BCUT2D eigenvalue weighted by Crippen LogP contribution is -2.22. The maximum atomic E-state index is 12.6. The van der Waals surface area contributed by atoms with Crippen LogP contribution in [0.3, 0.4) is 0 Å². The average Bonchev–Trinajstić information content (AvgIpc) is 2.58. The molecule has 2 aromatic carbocycles. The summed E-state index contributed by atoms with van der Waals surface area (Å²) in [6.07, 6.45) is 0.278. The monoisotopic (exact) mass is 330 g/mol. The van der Waals surface area contributed by atoms with E-state index in [0.717, 1.165) is 13.2 Å². The van der Waals surface area contributed by atoms with Gasteiger partial charge in [0.15, 0.2) is 28.9 Å². The Bertz CT molecular complexity index is 900. The smallest absolute Gasteiger partial charge is 0.198 e. The lowest BCUT2D eigenvalue weighted by molar-refractivity contribution is 0.0975. The highest BCUT2D eigenvalue weighted by molar-refractivity contribution is 7.80. The Hall–Kier alpha value is -2.64. The molecule has 0 heterocycles. The minimum absolute atomic E-state index is 0.0998. The van der Waals surface area contributed by atoms with Crippen LogP contribution >= 0.6 is 0 Å². The Morgan fingerprint density at radius 2 is 1.70 bits per heavy atom. The number of carbonyl (C=O) groups is 3. The Balaban J connectivity index is 2.37. The maximum Gasteiger partial charge on any atom is 0.198 e. The number of aromatic hydroxyl groups is 1. The van der Waals surface area contributed by atoms with Crippen molar-refractivity contribution >= 4 is 28.9 Å². The zero-order valence-corrected chi connectivity index (χ0v) is 12.7. The van der Waals surface area contributed by atoms with Crippen LogP contribution < -0.4 is 0 Å². The second-order valence-electron chi connectivity index (χ2n) is 4.78. The molecule has 7 heteroatoms. The van der Waals surface area contributed by atoms with Gasteiger partial charge in [-0.3, -0.25) is 18.6 Å². The molecule has 1 aliphatic carbocycles. The van der Waals surface area contributed by atoms with E-state index in [1.54, 1.807) is 12.1 Å². The molecule has 0 saturated carbocycles. The van der Waals surface area contributed by atoms with E-state index in [1.807, 2.05) is 0 Å².